The maximum atomic E-state index is 5.62. The van der Waals surface area contributed by atoms with Gasteiger partial charge in [0.2, 0.25) is 0 Å². The molecule has 0 N–H and O–H groups in total. The summed E-state index contributed by atoms with van der Waals surface area (Å²) in [5.41, 5.74) is 0. The second-order valence-electron chi connectivity index (χ2n) is 3.78. The Morgan fingerprint density at radius 3 is 2.50 bits per heavy atom. The van der Waals surface area contributed by atoms with Crippen LogP contribution >= 0.6 is 0 Å². The van der Waals surface area contributed by atoms with E-state index in [-0.39, 0.29) is 0 Å². The Balaban J connectivity index is 2.08. The van der Waals surface area contributed by atoms with E-state index < -0.39 is 0 Å². The molecule has 66 valence electrons. The Labute approximate surface area is 73.8 Å². The van der Waals surface area contributed by atoms with Crippen LogP contribution < -0.4 is 0 Å². The van der Waals surface area contributed by atoms with E-state index in [1.165, 1.54) is 37.9 Å². The minimum Gasteiger partial charge on any atom is -0.466 e. The Morgan fingerprint density at radius 1 is 1.17 bits per heavy atom. The summed E-state index contributed by atoms with van der Waals surface area (Å²) in [4.78, 5) is 0. The summed E-state index contributed by atoms with van der Waals surface area (Å²) in [6.07, 6.45) is 6.82. The first-order chi connectivity index (χ1) is 5.86. The van der Waals surface area contributed by atoms with Crippen LogP contribution in [0.2, 0.25) is 0 Å². The Hall–Kier alpha value is -0.720. The van der Waals surface area contributed by atoms with Crippen molar-refractivity contribution in [2.24, 2.45) is 0 Å². The zero-order chi connectivity index (χ0) is 8.39. The van der Waals surface area contributed by atoms with Crippen LogP contribution in [0.4, 0.5) is 0 Å². The summed E-state index contributed by atoms with van der Waals surface area (Å²) in [6.45, 7) is 2.02. The molecule has 12 heavy (non-hydrogen) atoms. The monoisotopic (exact) mass is 164 g/mol. The third-order valence-corrected chi connectivity index (χ3v) is 2.77. The van der Waals surface area contributed by atoms with E-state index in [0.717, 1.165) is 5.76 Å². The molecule has 1 aliphatic carbocycles. The predicted octanol–water partition coefficient (Wildman–Crippen LogP) is 3.64. The summed E-state index contributed by atoms with van der Waals surface area (Å²) in [5.74, 6) is 2.98. The predicted molar refractivity (Wildman–Crippen MR) is 49.3 cm³/mol. The van der Waals surface area contributed by atoms with Gasteiger partial charge in [-0.3, -0.25) is 0 Å². The summed E-state index contributed by atoms with van der Waals surface area (Å²) in [7, 11) is 0. The summed E-state index contributed by atoms with van der Waals surface area (Å²) in [5, 5.41) is 0. The van der Waals surface area contributed by atoms with Crippen molar-refractivity contribution in [3.8, 4) is 0 Å². The minimum absolute atomic E-state index is 0.715. The molecule has 0 aliphatic heterocycles. The molecule has 0 bridgehead atoms. The molecule has 0 unspecified atom stereocenters. The van der Waals surface area contributed by atoms with E-state index in [2.05, 4.69) is 12.1 Å². The number of rotatable bonds is 1. The van der Waals surface area contributed by atoms with Crippen molar-refractivity contribution in [2.45, 2.75) is 44.9 Å². The van der Waals surface area contributed by atoms with Crippen molar-refractivity contribution < 1.29 is 4.42 Å². The van der Waals surface area contributed by atoms with Gasteiger partial charge in [-0.2, -0.15) is 0 Å². The van der Waals surface area contributed by atoms with Crippen LogP contribution in [0.1, 0.15) is 49.5 Å². The first-order valence-electron chi connectivity index (χ1n) is 4.92. The molecular formula is C11H16O. The van der Waals surface area contributed by atoms with Crippen LogP contribution in [0.5, 0.6) is 0 Å². The summed E-state index contributed by atoms with van der Waals surface area (Å²) in [6, 6.07) is 4.22. The maximum absolute atomic E-state index is 5.62. The molecule has 0 amide bonds. The van der Waals surface area contributed by atoms with E-state index in [1.54, 1.807) is 0 Å². The molecule has 1 aromatic heterocycles. The lowest BCUT2D eigenvalue weighted by Gasteiger charge is -2.18. The van der Waals surface area contributed by atoms with Crippen LogP contribution in [-0.2, 0) is 0 Å². The molecule has 1 heterocycles. The highest BCUT2D eigenvalue weighted by Crippen LogP contribution is 2.33. The SMILES string of the molecule is Cc1ccc(C2CCCCC2)o1. The largest absolute Gasteiger partial charge is 0.466 e. The molecule has 1 saturated carbocycles. The van der Waals surface area contributed by atoms with Crippen molar-refractivity contribution in [3.05, 3.63) is 23.7 Å². The van der Waals surface area contributed by atoms with E-state index in [4.69, 9.17) is 4.42 Å². The normalized spacial score (nSPS) is 19.8. The fraction of sp³-hybridized carbons (Fsp3) is 0.636. The van der Waals surface area contributed by atoms with Crippen molar-refractivity contribution in [1.29, 1.82) is 0 Å². The van der Waals surface area contributed by atoms with Gasteiger partial charge in [0.25, 0.3) is 0 Å². The van der Waals surface area contributed by atoms with Crippen LogP contribution in [0, 0.1) is 6.92 Å². The molecule has 0 saturated heterocycles. The molecule has 1 nitrogen and oxygen atoms in total. The fourth-order valence-corrected chi connectivity index (χ4v) is 2.06. The fourth-order valence-electron chi connectivity index (χ4n) is 2.06. The molecule has 0 radical (unpaired) electrons. The van der Waals surface area contributed by atoms with Gasteiger partial charge in [-0.15, -0.1) is 0 Å². The standard InChI is InChI=1S/C11H16O/c1-9-7-8-11(12-9)10-5-3-2-4-6-10/h7-8,10H,2-6H2,1H3. The third-order valence-electron chi connectivity index (χ3n) is 2.77. The second kappa shape index (κ2) is 3.34. The first kappa shape index (κ1) is 7.90. The van der Waals surface area contributed by atoms with Gasteiger partial charge in [0.1, 0.15) is 11.5 Å². The van der Waals surface area contributed by atoms with E-state index >= 15 is 0 Å². The third kappa shape index (κ3) is 1.55. The molecule has 1 aliphatic rings. The molecule has 1 fully saturated rings. The van der Waals surface area contributed by atoms with Crippen molar-refractivity contribution in [3.63, 3.8) is 0 Å². The molecule has 0 atom stereocenters. The molecule has 1 aromatic rings. The van der Waals surface area contributed by atoms with Crippen molar-refractivity contribution in [1.82, 2.24) is 0 Å². The smallest absolute Gasteiger partial charge is 0.107 e. The summed E-state index contributed by atoms with van der Waals surface area (Å²) < 4.78 is 5.62. The highest BCUT2D eigenvalue weighted by Gasteiger charge is 2.17. The van der Waals surface area contributed by atoms with Crippen LogP contribution in [0.15, 0.2) is 16.5 Å². The number of hydrogen-bond acceptors (Lipinski definition) is 1. The highest BCUT2D eigenvalue weighted by molar-refractivity contribution is 5.10. The lowest BCUT2D eigenvalue weighted by molar-refractivity contribution is 0.367. The quantitative estimate of drug-likeness (QED) is 0.617. The Kier molecular flexibility index (Phi) is 2.20. The van der Waals surface area contributed by atoms with Gasteiger partial charge in [-0.1, -0.05) is 19.3 Å². The van der Waals surface area contributed by atoms with Gasteiger partial charge < -0.3 is 4.42 Å². The lowest BCUT2D eigenvalue weighted by atomic mass is 9.88. The number of aryl methyl sites for hydroxylation is 1. The van der Waals surface area contributed by atoms with Crippen molar-refractivity contribution in [2.75, 3.05) is 0 Å². The molecule has 2 rings (SSSR count). The molecule has 0 spiro atoms. The summed E-state index contributed by atoms with van der Waals surface area (Å²) >= 11 is 0. The van der Waals surface area contributed by atoms with Crippen LogP contribution in [0.25, 0.3) is 0 Å². The average Bonchev–Trinajstić information content (AvgIpc) is 2.54. The Bertz CT molecular complexity index is 243. The number of hydrogen-bond donors (Lipinski definition) is 0. The zero-order valence-electron chi connectivity index (χ0n) is 7.68. The molecular weight excluding hydrogens is 148 g/mol. The van der Waals surface area contributed by atoms with E-state index in [0.29, 0.717) is 5.92 Å². The molecule has 1 heteroatoms. The average molecular weight is 164 g/mol. The topological polar surface area (TPSA) is 13.1 Å². The van der Waals surface area contributed by atoms with Crippen molar-refractivity contribution >= 4 is 0 Å². The maximum Gasteiger partial charge on any atom is 0.107 e. The highest BCUT2D eigenvalue weighted by atomic mass is 16.3. The van der Waals surface area contributed by atoms with Gasteiger partial charge in [0.05, 0.1) is 0 Å². The van der Waals surface area contributed by atoms with Crippen LogP contribution in [-0.4, -0.2) is 0 Å². The zero-order valence-corrected chi connectivity index (χ0v) is 7.68. The number of furan rings is 1. The minimum atomic E-state index is 0.715. The lowest BCUT2D eigenvalue weighted by Crippen LogP contribution is -2.02. The van der Waals surface area contributed by atoms with Gasteiger partial charge >= 0.3 is 0 Å². The Morgan fingerprint density at radius 2 is 1.92 bits per heavy atom. The van der Waals surface area contributed by atoms with Gasteiger partial charge in [0, 0.05) is 5.92 Å². The van der Waals surface area contributed by atoms with Crippen LogP contribution in [0.3, 0.4) is 0 Å². The molecule has 0 aromatic carbocycles. The van der Waals surface area contributed by atoms with E-state index in [9.17, 15) is 0 Å². The van der Waals surface area contributed by atoms with Gasteiger partial charge in [0.15, 0.2) is 0 Å². The van der Waals surface area contributed by atoms with E-state index in [1.807, 2.05) is 6.92 Å². The van der Waals surface area contributed by atoms with Gasteiger partial charge in [-0.05, 0) is 31.9 Å². The second-order valence-corrected chi connectivity index (χ2v) is 3.78. The first-order valence-corrected chi connectivity index (χ1v) is 4.92. The van der Waals surface area contributed by atoms with Gasteiger partial charge in [-0.25, -0.2) is 0 Å².